The molecule has 2 rings (SSSR count). The molecule has 1 heterocycles. The average Bonchev–Trinajstić information content (AvgIpc) is 3.11. The molecule has 0 unspecified atom stereocenters. The molecular formula is C21H28N2O5S. The van der Waals surface area contributed by atoms with Gasteiger partial charge in [-0.2, -0.15) is 0 Å². The molecule has 0 aliphatic carbocycles. The van der Waals surface area contributed by atoms with Crippen molar-refractivity contribution in [3.63, 3.8) is 0 Å². The number of nitrogens with zero attached hydrogens (tertiary/aromatic N) is 2. The monoisotopic (exact) mass is 420 g/mol. The number of carbonyl (C=O) groups excluding carboxylic acids is 2. The molecule has 0 fully saturated rings. The molecule has 1 aromatic heterocycles. The lowest BCUT2D eigenvalue weighted by molar-refractivity contribution is 0.0531. The van der Waals surface area contributed by atoms with Crippen molar-refractivity contribution in [2.45, 2.75) is 40.0 Å². The van der Waals surface area contributed by atoms with Crippen LogP contribution in [0.3, 0.4) is 0 Å². The van der Waals surface area contributed by atoms with E-state index in [0.29, 0.717) is 39.3 Å². The van der Waals surface area contributed by atoms with Crippen molar-refractivity contribution in [2.75, 3.05) is 32.3 Å². The summed E-state index contributed by atoms with van der Waals surface area (Å²) in [7, 11) is 3.08. The van der Waals surface area contributed by atoms with Gasteiger partial charge in [0.25, 0.3) is 5.91 Å². The lowest BCUT2D eigenvalue weighted by Gasteiger charge is -2.20. The molecule has 0 N–H and O–H groups in total. The highest BCUT2D eigenvalue weighted by Gasteiger charge is 2.25. The van der Waals surface area contributed by atoms with Crippen LogP contribution in [0.2, 0.25) is 0 Å². The molecule has 0 aliphatic heterocycles. The number of methoxy groups -OCH3 is 2. The number of hydrogen-bond acceptors (Lipinski definition) is 7. The van der Waals surface area contributed by atoms with E-state index in [-0.39, 0.29) is 12.5 Å². The van der Waals surface area contributed by atoms with E-state index in [1.165, 1.54) is 18.4 Å². The number of aromatic nitrogens is 1. The maximum atomic E-state index is 13.3. The normalized spacial score (nSPS) is 10.5. The third kappa shape index (κ3) is 5.47. The second kappa shape index (κ2) is 10.8. The molecule has 8 heteroatoms. The van der Waals surface area contributed by atoms with Crippen molar-refractivity contribution in [1.82, 2.24) is 4.98 Å². The van der Waals surface area contributed by atoms with Gasteiger partial charge >= 0.3 is 5.97 Å². The Bertz CT molecular complexity index is 850. The topological polar surface area (TPSA) is 78.0 Å². The van der Waals surface area contributed by atoms with Crippen molar-refractivity contribution >= 4 is 28.3 Å². The van der Waals surface area contributed by atoms with E-state index in [9.17, 15) is 9.59 Å². The van der Waals surface area contributed by atoms with Crippen LogP contribution >= 0.6 is 11.3 Å². The highest BCUT2D eigenvalue weighted by Crippen LogP contribution is 2.31. The Morgan fingerprint density at radius 3 is 2.45 bits per heavy atom. The van der Waals surface area contributed by atoms with Gasteiger partial charge in [0, 0.05) is 12.1 Å². The standard InChI is InChI=1S/C21H28N2O5S/c1-6-8-9-12-23(21-22-14(3)18(29-21)20(25)28-7-2)19(24)15-10-11-16(26-4)17(13-15)27-5/h10-11,13H,6-9,12H2,1-5H3. The van der Waals surface area contributed by atoms with Gasteiger partial charge in [-0.1, -0.05) is 31.1 Å². The van der Waals surface area contributed by atoms with Crippen LogP contribution in [0.4, 0.5) is 5.13 Å². The molecule has 158 valence electrons. The fourth-order valence-corrected chi connectivity index (χ4v) is 3.80. The van der Waals surface area contributed by atoms with Gasteiger partial charge in [0.1, 0.15) is 4.88 Å². The fourth-order valence-electron chi connectivity index (χ4n) is 2.81. The molecule has 0 saturated carbocycles. The SMILES string of the molecule is CCCCCN(C(=O)c1ccc(OC)c(OC)c1)c1nc(C)c(C(=O)OCC)s1. The van der Waals surface area contributed by atoms with Crippen LogP contribution in [0.1, 0.15) is 58.8 Å². The van der Waals surface area contributed by atoms with Crippen LogP contribution in [-0.4, -0.2) is 44.2 Å². The first-order valence-electron chi connectivity index (χ1n) is 9.65. The molecule has 7 nitrogen and oxygen atoms in total. The quantitative estimate of drug-likeness (QED) is 0.416. The zero-order chi connectivity index (χ0) is 21.4. The summed E-state index contributed by atoms with van der Waals surface area (Å²) in [6.45, 7) is 6.41. The molecule has 0 atom stereocenters. The van der Waals surface area contributed by atoms with Crippen LogP contribution in [0.25, 0.3) is 0 Å². The average molecular weight is 421 g/mol. The molecule has 0 spiro atoms. The second-order valence-electron chi connectivity index (χ2n) is 6.37. The maximum absolute atomic E-state index is 13.3. The molecule has 0 aliphatic rings. The molecule has 0 radical (unpaired) electrons. The fraction of sp³-hybridized carbons (Fsp3) is 0.476. The number of hydrogen-bond donors (Lipinski definition) is 0. The minimum absolute atomic E-state index is 0.203. The van der Waals surface area contributed by atoms with E-state index in [4.69, 9.17) is 14.2 Å². The van der Waals surface area contributed by atoms with Crippen molar-refractivity contribution in [2.24, 2.45) is 0 Å². The first kappa shape index (κ1) is 22.7. The zero-order valence-electron chi connectivity index (χ0n) is 17.6. The predicted molar refractivity (Wildman–Crippen MR) is 114 cm³/mol. The number of unbranched alkanes of at least 4 members (excludes halogenated alkanes) is 2. The van der Waals surface area contributed by atoms with Crippen molar-refractivity contribution in [1.29, 1.82) is 0 Å². The van der Waals surface area contributed by atoms with Crippen LogP contribution in [0.5, 0.6) is 11.5 Å². The van der Waals surface area contributed by atoms with E-state index < -0.39 is 5.97 Å². The van der Waals surface area contributed by atoms with Gasteiger partial charge < -0.3 is 14.2 Å². The largest absolute Gasteiger partial charge is 0.493 e. The number of anilines is 1. The minimum atomic E-state index is -0.416. The third-order valence-electron chi connectivity index (χ3n) is 4.34. The van der Waals surface area contributed by atoms with Gasteiger partial charge in [-0.25, -0.2) is 9.78 Å². The summed E-state index contributed by atoms with van der Waals surface area (Å²) in [4.78, 5) is 32.0. The van der Waals surface area contributed by atoms with Crippen LogP contribution in [-0.2, 0) is 4.74 Å². The molecule has 0 saturated heterocycles. The zero-order valence-corrected chi connectivity index (χ0v) is 18.4. The smallest absolute Gasteiger partial charge is 0.350 e. The summed E-state index contributed by atoms with van der Waals surface area (Å²) < 4.78 is 15.7. The number of aryl methyl sites for hydroxylation is 1. The molecule has 1 aromatic carbocycles. The molecule has 2 aromatic rings. The first-order valence-corrected chi connectivity index (χ1v) is 10.5. The van der Waals surface area contributed by atoms with E-state index in [2.05, 4.69) is 11.9 Å². The molecular weight excluding hydrogens is 392 g/mol. The summed E-state index contributed by atoms with van der Waals surface area (Å²) in [5, 5.41) is 0.487. The lowest BCUT2D eigenvalue weighted by Crippen LogP contribution is -2.32. The van der Waals surface area contributed by atoms with Crippen molar-refractivity contribution in [3.8, 4) is 11.5 Å². The maximum Gasteiger partial charge on any atom is 0.350 e. The van der Waals surface area contributed by atoms with E-state index in [0.717, 1.165) is 19.3 Å². The number of benzene rings is 1. The lowest BCUT2D eigenvalue weighted by atomic mass is 10.1. The van der Waals surface area contributed by atoms with Crippen LogP contribution in [0.15, 0.2) is 18.2 Å². The second-order valence-corrected chi connectivity index (χ2v) is 7.34. The summed E-state index contributed by atoms with van der Waals surface area (Å²) in [6.07, 6.45) is 2.86. The number of ether oxygens (including phenoxy) is 3. The molecule has 29 heavy (non-hydrogen) atoms. The summed E-state index contributed by atoms with van der Waals surface area (Å²) in [5.74, 6) is 0.415. The van der Waals surface area contributed by atoms with E-state index in [1.807, 2.05) is 0 Å². The van der Waals surface area contributed by atoms with Gasteiger partial charge in [-0.3, -0.25) is 9.69 Å². The Labute approximate surface area is 175 Å². The van der Waals surface area contributed by atoms with Crippen molar-refractivity contribution in [3.05, 3.63) is 34.3 Å². The number of thiazole rings is 1. The third-order valence-corrected chi connectivity index (χ3v) is 5.50. The Morgan fingerprint density at radius 2 is 1.83 bits per heavy atom. The summed E-state index contributed by atoms with van der Waals surface area (Å²) >= 11 is 1.18. The summed E-state index contributed by atoms with van der Waals surface area (Å²) in [6, 6.07) is 5.05. The Kier molecular flexibility index (Phi) is 8.45. The van der Waals surface area contributed by atoms with Crippen molar-refractivity contribution < 1.29 is 23.8 Å². The molecule has 0 bridgehead atoms. The molecule has 1 amide bonds. The van der Waals surface area contributed by atoms with Gasteiger partial charge in [0.2, 0.25) is 0 Å². The van der Waals surface area contributed by atoms with E-state index >= 15 is 0 Å². The predicted octanol–water partition coefficient (Wildman–Crippen LogP) is 4.48. The Morgan fingerprint density at radius 1 is 1.10 bits per heavy atom. The Hall–Kier alpha value is -2.61. The number of esters is 1. The number of rotatable bonds is 10. The highest BCUT2D eigenvalue weighted by atomic mass is 32.1. The first-order chi connectivity index (χ1) is 14.0. The minimum Gasteiger partial charge on any atom is -0.493 e. The summed E-state index contributed by atoms with van der Waals surface area (Å²) in [5.41, 5.74) is 1.02. The van der Waals surface area contributed by atoms with E-state index in [1.54, 1.807) is 44.1 Å². The Balaban J connectivity index is 2.39. The number of amides is 1. The van der Waals surface area contributed by atoms with Crippen LogP contribution < -0.4 is 14.4 Å². The number of carbonyl (C=O) groups is 2. The van der Waals surface area contributed by atoms with Crippen LogP contribution in [0, 0.1) is 6.92 Å². The van der Waals surface area contributed by atoms with Gasteiger partial charge in [0.15, 0.2) is 16.6 Å². The van der Waals surface area contributed by atoms with Gasteiger partial charge in [0.05, 0.1) is 26.5 Å². The van der Waals surface area contributed by atoms with Gasteiger partial charge in [-0.15, -0.1) is 0 Å². The van der Waals surface area contributed by atoms with Gasteiger partial charge in [-0.05, 0) is 38.5 Å². The highest BCUT2D eigenvalue weighted by molar-refractivity contribution is 7.17.